The van der Waals surface area contributed by atoms with E-state index in [1.54, 1.807) is 6.92 Å². The van der Waals surface area contributed by atoms with Gasteiger partial charge in [0.25, 0.3) is 0 Å². The van der Waals surface area contributed by atoms with E-state index in [-0.39, 0.29) is 11.2 Å². The number of hydrogen-bond acceptors (Lipinski definition) is 3. The fraction of sp³-hybridized carbons (Fsp3) is 0.286. The van der Waals surface area contributed by atoms with Gasteiger partial charge >= 0.3 is 0 Å². The molecule has 0 spiro atoms. The van der Waals surface area contributed by atoms with Crippen molar-refractivity contribution in [2.24, 2.45) is 0 Å². The van der Waals surface area contributed by atoms with Crippen molar-refractivity contribution in [2.75, 3.05) is 7.11 Å². The van der Waals surface area contributed by atoms with Crippen LogP contribution in [0, 0.1) is 6.92 Å². The molecule has 1 rings (SSSR count). The molecule has 0 fully saturated rings. The molecule has 0 saturated carbocycles. The normalized spacial score (nSPS) is 9.40. The van der Waals surface area contributed by atoms with Gasteiger partial charge in [0.05, 0.1) is 13.4 Å². The summed E-state index contributed by atoms with van der Waals surface area (Å²) in [5.41, 5.74) is -0.147. The van der Waals surface area contributed by atoms with Gasteiger partial charge in [0.2, 0.25) is 11.2 Å². The second kappa shape index (κ2) is 2.56. The third kappa shape index (κ3) is 1.03. The average Bonchev–Trinajstić information content (AvgIpc) is 1.88. The first-order chi connectivity index (χ1) is 4.75. The molecular formula is C7H8O3. The topological polar surface area (TPSA) is 39.4 Å². The molecule has 54 valence electrons. The molecule has 10 heavy (non-hydrogen) atoms. The first kappa shape index (κ1) is 6.86. The highest BCUT2D eigenvalue weighted by atomic mass is 16.5. The van der Waals surface area contributed by atoms with Crippen molar-refractivity contribution in [1.82, 2.24) is 0 Å². The van der Waals surface area contributed by atoms with Crippen LogP contribution in [0.15, 0.2) is 21.5 Å². The Kier molecular flexibility index (Phi) is 1.76. The zero-order chi connectivity index (χ0) is 7.56. The van der Waals surface area contributed by atoms with Gasteiger partial charge < -0.3 is 9.15 Å². The lowest BCUT2D eigenvalue weighted by Crippen LogP contribution is -2.04. The highest BCUT2D eigenvalue weighted by Gasteiger charge is 2.02. The Hall–Kier alpha value is -1.25. The van der Waals surface area contributed by atoms with E-state index in [1.807, 2.05) is 0 Å². The molecule has 0 aliphatic rings. The Bertz CT molecular complexity index is 274. The zero-order valence-corrected chi connectivity index (χ0v) is 5.88. The van der Waals surface area contributed by atoms with Crippen molar-refractivity contribution < 1.29 is 9.15 Å². The minimum Gasteiger partial charge on any atom is -0.490 e. The van der Waals surface area contributed by atoms with Gasteiger partial charge in [-0.2, -0.15) is 0 Å². The molecule has 3 heteroatoms. The van der Waals surface area contributed by atoms with Crippen LogP contribution in [0.5, 0.6) is 5.75 Å². The third-order valence-electron chi connectivity index (χ3n) is 1.21. The molecule has 0 aliphatic carbocycles. The van der Waals surface area contributed by atoms with E-state index < -0.39 is 0 Å². The molecule has 0 unspecified atom stereocenters. The Labute approximate surface area is 58.2 Å². The molecule has 3 nitrogen and oxygen atoms in total. The SMILES string of the molecule is COc1c(C)occc1=O. The second-order valence-corrected chi connectivity index (χ2v) is 1.87. The van der Waals surface area contributed by atoms with Crippen molar-refractivity contribution in [1.29, 1.82) is 0 Å². The first-order valence-corrected chi connectivity index (χ1v) is 2.88. The van der Waals surface area contributed by atoms with Crippen molar-refractivity contribution >= 4 is 0 Å². The quantitative estimate of drug-likeness (QED) is 0.583. The lowest BCUT2D eigenvalue weighted by Gasteiger charge is -1.98. The molecule has 0 N–H and O–H groups in total. The molecule has 0 aliphatic heterocycles. The van der Waals surface area contributed by atoms with E-state index in [0.717, 1.165) is 0 Å². The van der Waals surface area contributed by atoms with Crippen LogP contribution in [0.2, 0.25) is 0 Å². The molecule has 1 aromatic heterocycles. The molecule has 1 heterocycles. The maximum Gasteiger partial charge on any atom is 0.226 e. The average molecular weight is 140 g/mol. The maximum atomic E-state index is 10.9. The van der Waals surface area contributed by atoms with E-state index in [4.69, 9.17) is 9.15 Å². The van der Waals surface area contributed by atoms with Crippen LogP contribution < -0.4 is 10.2 Å². The highest BCUT2D eigenvalue weighted by Crippen LogP contribution is 2.08. The van der Waals surface area contributed by atoms with Crippen LogP contribution in [0.25, 0.3) is 0 Å². The van der Waals surface area contributed by atoms with Crippen LogP contribution in [0.3, 0.4) is 0 Å². The molecular weight excluding hydrogens is 132 g/mol. The van der Waals surface area contributed by atoms with Crippen LogP contribution in [0.1, 0.15) is 5.76 Å². The van der Waals surface area contributed by atoms with Gasteiger partial charge in [-0.3, -0.25) is 4.79 Å². The van der Waals surface area contributed by atoms with E-state index in [0.29, 0.717) is 5.76 Å². The van der Waals surface area contributed by atoms with Gasteiger partial charge in [-0.25, -0.2) is 0 Å². The molecule has 0 saturated heterocycles. The summed E-state index contributed by atoms with van der Waals surface area (Å²) in [7, 11) is 1.44. The smallest absolute Gasteiger partial charge is 0.226 e. The molecule has 0 radical (unpaired) electrons. The van der Waals surface area contributed by atoms with Crippen LogP contribution in [0.4, 0.5) is 0 Å². The molecule has 0 aromatic carbocycles. The molecule has 0 amide bonds. The van der Waals surface area contributed by atoms with E-state index in [9.17, 15) is 4.79 Å². The zero-order valence-electron chi connectivity index (χ0n) is 5.88. The van der Waals surface area contributed by atoms with Crippen molar-refractivity contribution in [2.45, 2.75) is 6.92 Å². The van der Waals surface area contributed by atoms with E-state index in [2.05, 4.69) is 0 Å². The lowest BCUT2D eigenvalue weighted by molar-refractivity contribution is 0.375. The van der Waals surface area contributed by atoms with Gasteiger partial charge in [-0.05, 0) is 6.92 Å². The van der Waals surface area contributed by atoms with Gasteiger partial charge in [0.1, 0.15) is 5.76 Å². The molecule has 0 bridgehead atoms. The van der Waals surface area contributed by atoms with Crippen molar-refractivity contribution in [3.63, 3.8) is 0 Å². The Morgan fingerprint density at radius 2 is 2.30 bits per heavy atom. The summed E-state index contributed by atoms with van der Waals surface area (Å²) in [4.78, 5) is 10.9. The fourth-order valence-electron chi connectivity index (χ4n) is 0.745. The fourth-order valence-corrected chi connectivity index (χ4v) is 0.745. The first-order valence-electron chi connectivity index (χ1n) is 2.88. The Morgan fingerprint density at radius 1 is 1.60 bits per heavy atom. The summed E-state index contributed by atoms with van der Waals surface area (Å²) >= 11 is 0. The standard InChI is InChI=1S/C7H8O3/c1-5-7(9-2)6(8)3-4-10-5/h3-4H,1-2H3. The number of ether oxygens (including phenoxy) is 1. The number of rotatable bonds is 1. The van der Waals surface area contributed by atoms with Gasteiger partial charge in [-0.15, -0.1) is 0 Å². The summed E-state index contributed by atoms with van der Waals surface area (Å²) < 4.78 is 9.67. The van der Waals surface area contributed by atoms with Gasteiger partial charge in [-0.1, -0.05) is 0 Å². The summed E-state index contributed by atoms with van der Waals surface area (Å²) in [6.07, 6.45) is 1.35. The molecule has 1 aromatic rings. The number of methoxy groups -OCH3 is 1. The largest absolute Gasteiger partial charge is 0.490 e. The van der Waals surface area contributed by atoms with E-state index in [1.165, 1.54) is 19.4 Å². The van der Waals surface area contributed by atoms with Crippen LogP contribution in [-0.2, 0) is 0 Å². The van der Waals surface area contributed by atoms with Gasteiger partial charge in [0.15, 0.2) is 0 Å². The number of aryl methyl sites for hydroxylation is 1. The Morgan fingerprint density at radius 3 is 2.70 bits per heavy atom. The second-order valence-electron chi connectivity index (χ2n) is 1.87. The van der Waals surface area contributed by atoms with Gasteiger partial charge in [0, 0.05) is 6.07 Å². The van der Waals surface area contributed by atoms with E-state index >= 15 is 0 Å². The number of hydrogen-bond donors (Lipinski definition) is 0. The summed E-state index contributed by atoms with van der Waals surface area (Å²) in [6.45, 7) is 1.68. The minimum absolute atomic E-state index is 0.147. The van der Waals surface area contributed by atoms with Crippen molar-refractivity contribution in [3.8, 4) is 5.75 Å². The van der Waals surface area contributed by atoms with Crippen molar-refractivity contribution in [3.05, 3.63) is 28.3 Å². The minimum atomic E-state index is -0.147. The summed E-state index contributed by atoms with van der Waals surface area (Å²) in [5.74, 6) is 0.789. The summed E-state index contributed by atoms with van der Waals surface area (Å²) in [6, 6.07) is 1.33. The highest BCUT2D eigenvalue weighted by molar-refractivity contribution is 5.22. The summed E-state index contributed by atoms with van der Waals surface area (Å²) in [5, 5.41) is 0. The van der Waals surface area contributed by atoms with Crippen LogP contribution in [-0.4, -0.2) is 7.11 Å². The predicted octanol–water partition coefficient (Wildman–Crippen LogP) is 0.957. The lowest BCUT2D eigenvalue weighted by atomic mass is 10.4. The van der Waals surface area contributed by atoms with Crippen LogP contribution >= 0.6 is 0 Å². The Balaban J connectivity index is 3.31. The maximum absolute atomic E-state index is 10.9. The monoisotopic (exact) mass is 140 g/mol. The third-order valence-corrected chi connectivity index (χ3v) is 1.21. The molecule has 0 atom stereocenters. The predicted molar refractivity (Wildman–Crippen MR) is 36.3 cm³/mol.